The molecule has 0 spiro atoms. The number of methoxy groups -OCH3 is 1. The highest BCUT2D eigenvalue weighted by molar-refractivity contribution is 8.01. The fourth-order valence-corrected chi connectivity index (χ4v) is 6.61. The smallest absolute Gasteiger partial charge is 0.310 e. The lowest BCUT2D eigenvalue weighted by Crippen LogP contribution is -2.49. The maximum atomic E-state index is 12.0. The number of hydrogen-bond acceptors (Lipinski definition) is 5. The first kappa shape index (κ1) is 11.8. The number of carbonyl (C=O) groups is 2. The van der Waals surface area contributed by atoms with Gasteiger partial charge in [0.2, 0.25) is 0 Å². The summed E-state index contributed by atoms with van der Waals surface area (Å²) in [4.78, 5) is 23.5. The number of esters is 1. The zero-order chi connectivity index (χ0) is 13.3. The molecule has 0 radical (unpaired) electrons. The van der Waals surface area contributed by atoms with Gasteiger partial charge in [-0.25, -0.2) is 0 Å². The van der Waals surface area contributed by atoms with E-state index in [1.54, 1.807) is 11.8 Å². The summed E-state index contributed by atoms with van der Waals surface area (Å²) in [7, 11) is 1.33. The summed E-state index contributed by atoms with van der Waals surface area (Å²) in [6, 6.07) is 0. The van der Waals surface area contributed by atoms with Crippen molar-refractivity contribution in [2.75, 3.05) is 7.11 Å². The molecule has 4 bridgehead atoms. The lowest BCUT2D eigenvalue weighted by Gasteiger charge is -2.35. The molecule has 0 aromatic carbocycles. The molecule has 0 aliphatic carbocycles. The minimum Gasteiger partial charge on any atom is -0.481 e. The molecular formula is C13H14O5S. The molecule has 0 aromatic rings. The van der Waals surface area contributed by atoms with Gasteiger partial charge in [-0.15, -0.1) is 0 Å². The molecule has 4 aliphatic rings. The van der Waals surface area contributed by atoms with Gasteiger partial charge in [-0.3, -0.25) is 9.59 Å². The Hall–Kier alpha value is -1.01. The standard InChI is InChI=1S/C13H14O5S/c1-17-13(16)9-8(12(14)15)10-6-4-2-3-5(18-4)7(6)11(9)19-10/h2-11H,1H3,(H,14,15). The van der Waals surface area contributed by atoms with Gasteiger partial charge in [-0.2, -0.15) is 11.8 Å². The Bertz CT molecular complexity index is 489. The van der Waals surface area contributed by atoms with Gasteiger partial charge in [0.1, 0.15) is 0 Å². The van der Waals surface area contributed by atoms with Crippen LogP contribution in [-0.2, 0) is 19.1 Å². The second-order valence-electron chi connectivity index (χ2n) is 5.58. The van der Waals surface area contributed by atoms with Crippen LogP contribution in [0.5, 0.6) is 0 Å². The molecular weight excluding hydrogens is 268 g/mol. The fraction of sp³-hybridized carbons (Fsp3) is 0.692. The number of thioether (sulfide) groups is 1. The summed E-state index contributed by atoms with van der Waals surface area (Å²) in [5.74, 6) is -1.94. The van der Waals surface area contributed by atoms with E-state index < -0.39 is 23.8 Å². The molecule has 19 heavy (non-hydrogen) atoms. The van der Waals surface area contributed by atoms with Crippen LogP contribution in [0.1, 0.15) is 0 Å². The van der Waals surface area contributed by atoms with Crippen LogP contribution in [0.4, 0.5) is 0 Å². The van der Waals surface area contributed by atoms with E-state index in [1.807, 2.05) is 6.08 Å². The molecule has 3 saturated heterocycles. The Kier molecular flexibility index (Phi) is 2.33. The fourth-order valence-electron chi connectivity index (χ4n) is 4.31. The first-order valence-electron chi connectivity index (χ1n) is 6.43. The minimum atomic E-state index is -0.888. The highest BCUT2D eigenvalue weighted by atomic mass is 32.2. The predicted molar refractivity (Wildman–Crippen MR) is 66.6 cm³/mol. The highest BCUT2D eigenvalue weighted by Crippen LogP contribution is 2.65. The van der Waals surface area contributed by atoms with Crippen LogP contribution in [0.3, 0.4) is 0 Å². The van der Waals surface area contributed by atoms with E-state index in [-0.39, 0.29) is 34.5 Å². The number of carboxylic acid groups (broad SMARTS) is 1. The Labute approximate surface area is 114 Å². The van der Waals surface area contributed by atoms with Crippen LogP contribution in [0.25, 0.3) is 0 Å². The van der Waals surface area contributed by atoms with Crippen LogP contribution in [-0.4, -0.2) is 46.9 Å². The Morgan fingerprint density at radius 2 is 1.74 bits per heavy atom. The van der Waals surface area contributed by atoms with Gasteiger partial charge >= 0.3 is 11.9 Å². The van der Waals surface area contributed by atoms with E-state index in [0.717, 1.165) is 0 Å². The van der Waals surface area contributed by atoms with Gasteiger partial charge < -0.3 is 14.6 Å². The quantitative estimate of drug-likeness (QED) is 0.589. The third kappa shape index (κ3) is 1.31. The van der Waals surface area contributed by atoms with Crippen molar-refractivity contribution in [1.29, 1.82) is 0 Å². The van der Waals surface area contributed by atoms with Gasteiger partial charge in [0.15, 0.2) is 0 Å². The Morgan fingerprint density at radius 1 is 1.16 bits per heavy atom. The molecule has 4 aliphatic heterocycles. The molecule has 0 aromatic heterocycles. The van der Waals surface area contributed by atoms with Gasteiger partial charge in [-0.05, 0) is 0 Å². The summed E-state index contributed by atoms with van der Waals surface area (Å²) in [6.07, 6.45) is 4.19. The molecule has 4 rings (SSSR count). The van der Waals surface area contributed by atoms with E-state index in [9.17, 15) is 14.7 Å². The van der Waals surface area contributed by atoms with Crippen molar-refractivity contribution in [3.8, 4) is 0 Å². The lowest BCUT2D eigenvalue weighted by atomic mass is 9.65. The maximum Gasteiger partial charge on any atom is 0.310 e. The Balaban J connectivity index is 1.73. The van der Waals surface area contributed by atoms with Crippen molar-refractivity contribution in [3.63, 3.8) is 0 Å². The average Bonchev–Trinajstić information content (AvgIpc) is 3.12. The van der Waals surface area contributed by atoms with Crippen molar-refractivity contribution < 1.29 is 24.2 Å². The van der Waals surface area contributed by atoms with E-state index in [4.69, 9.17) is 9.47 Å². The number of hydrogen-bond donors (Lipinski definition) is 1. The second-order valence-corrected chi connectivity index (χ2v) is 6.94. The van der Waals surface area contributed by atoms with Crippen molar-refractivity contribution in [3.05, 3.63) is 12.2 Å². The molecule has 3 fully saturated rings. The van der Waals surface area contributed by atoms with E-state index in [1.165, 1.54) is 7.11 Å². The highest BCUT2D eigenvalue weighted by Gasteiger charge is 2.69. The van der Waals surface area contributed by atoms with Gasteiger partial charge in [0.25, 0.3) is 0 Å². The number of carboxylic acids is 1. The molecule has 5 nitrogen and oxygen atoms in total. The van der Waals surface area contributed by atoms with Crippen LogP contribution in [0.2, 0.25) is 0 Å². The van der Waals surface area contributed by atoms with Crippen LogP contribution in [0.15, 0.2) is 12.2 Å². The summed E-state index contributed by atoms with van der Waals surface area (Å²) in [5.41, 5.74) is 0. The van der Waals surface area contributed by atoms with E-state index in [2.05, 4.69) is 6.08 Å². The van der Waals surface area contributed by atoms with Crippen LogP contribution >= 0.6 is 11.8 Å². The third-order valence-corrected chi connectivity index (χ3v) is 6.78. The van der Waals surface area contributed by atoms with Crippen molar-refractivity contribution in [1.82, 2.24) is 0 Å². The van der Waals surface area contributed by atoms with Crippen LogP contribution in [0, 0.1) is 23.7 Å². The lowest BCUT2D eigenvalue weighted by molar-refractivity contribution is -0.157. The minimum absolute atomic E-state index is 0.0171. The summed E-state index contributed by atoms with van der Waals surface area (Å²) >= 11 is 1.66. The first-order valence-corrected chi connectivity index (χ1v) is 7.37. The SMILES string of the molecule is COC(=O)C1C2SC(C1C(=O)O)C1C3C=CC(O3)C21. The van der Waals surface area contributed by atoms with Crippen LogP contribution < -0.4 is 0 Å². The first-order chi connectivity index (χ1) is 9.13. The van der Waals surface area contributed by atoms with Gasteiger partial charge in [-0.1, -0.05) is 12.2 Å². The Morgan fingerprint density at radius 3 is 2.26 bits per heavy atom. The number of rotatable bonds is 2. The monoisotopic (exact) mass is 282 g/mol. The molecule has 1 N–H and O–H groups in total. The average molecular weight is 282 g/mol. The van der Waals surface area contributed by atoms with E-state index in [0.29, 0.717) is 0 Å². The molecule has 8 unspecified atom stereocenters. The largest absolute Gasteiger partial charge is 0.481 e. The molecule has 8 atom stereocenters. The third-order valence-electron chi connectivity index (χ3n) is 4.93. The number of fused-ring (bicyclic) bond motifs is 9. The normalized spacial score (nSPS) is 52.5. The predicted octanol–water partition coefficient (Wildman–Crippen LogP) is 0.544. The van der Waals surface area contributed by atoms with Gasteiger partial charge in [0.05, 0.1) is 31.2 Å². The topological polar surface area (TPSA) is 72.8 Å². The molecule has 4 heterocycles. The van der Waals surface area contributed by atoms with E-state index >= 15 is 0 Å². The summed E-state index contributed by atoms with van der Waals surface area (Å²) in [5, 5.41) is 9.45. The zero-order valence-electron chi connectivity index (χ0n) is 10.3. The van der Waals surface area contributed by atoms with Gasteiger partial charge in [0, 0.05) is 22.3 Å². The number of carbonyl (C=O) groups excluding carboxylic acids is 1. The second kappa shape index (κ2) is 3.76. The summed E-state index contributed by atoms with van der Waals surface area (Å²) < 4.78 is 10.7. The molecule has 6 heteroatoms. The maximum absolute atomic E-state index is 12.0. The molecule has 0 saturated carbocycles. The molecule has 102 valence electrons. The molecule has 0 amide bonds. The van der Waals surface area contributed by atoms with Crippen molar-refractivity contribution in [2.24, 2.45) is 23.7 Å². The summed E-state index contributed by atoms with van der Waals surface area (Å²) in [6.45, 7) is 0. The number of ether oxygens (including phenoxy) is 2. The zero-order valence-corrected chi connectivity index (χ0v) is 11.1. The van der Waals surface area contributed by atoms with Crippen molar-refractivity contribution in [2.45, 2.75) is 22.7 Å². The van der Waals surface area contributed by atoms with Crippen molar-refractivity contribution >= 4 is 23.7 Å². The number of aliphatic carboxylic acids is 1.